The van der Waals surface area contributed by atoms with Crippen LogP contribution in [0.5, 0.6) is 0 Å². The Balaban J connectivity index is 1.73. The number of rotatable bonds is 6. The molecule has 0 unspecified atom stereocenters. The first-order chi connectivity index (χ1) is 14.2. The van der Waals surface area contributed by atoms with Gasteiger partial charge in [-0.05, 0) is 56.3 Å². The van der Waals surface area contributed by atoms with Gasteiger partial charge in [0.25, 0.3) is 21.6 Å². The van der Waals surface area contributed by atoms with Crippen LogP contribution >= 0.6 is 0 Å². The van der Waals surface area contributed by atoms with Gasteiger partial charge in [-0.2, -0.15) is 0 Å². The first-order valence-electron chi connectivity index (χ1n) is 8.64. The van der Waals surface area contributed by atoms with Crippen LogP contribution < -0.4 is 10.0 Å². The van der Waals surface area contributed by atoms with Gasteiger partial charge in [-0.25, -0.2) is 23.1 Å². The SMILES string of the molecule is Cc1ccnc(NS(=O)(=O)c2ccc(NC(=O)c3ccc([N+](=O)[O-])c(C)c3)cc2)n1. The van der Waals surface area contributed by atoms with E-state index in [0.717, 1.165) is 0 Å². The zero-order valence-electron chi connectivity index (χ0n) is 16.0. The summed E-state index contributed by atoms with van der Waals surface area (Å²) in [6, 6.07) is 11.2. The molecule has 0 atom stereocenters. The molecule has 0 aliphatic rings. The number of benzene rings is 2. The largest absolute Gasteiger partial charge is 0.322 e. The second-order valence-electron chi connectivity index (χ2n) is 6.36. The van der Waals surface area contributed by atoms with Crippen molar-refractivity contribution in [2.75, 3.05) is 10.0 Å². The van der Waals surface area contributed by atoms with Gasteiger partial charge >= 0.3 is 0 Å². The number of aryl methyl sites for hydroxylation is 2. The van der Waals surface area contributed by atoms with Crippen molar-refractivity contribution in [3.05, 3.63) is 81.7 Å². The molecule has 1 amide bonds. The lowest BCUT2D eigenvalue weighted by Gasteiger charge is -2.09. The van der Waals surface area contributed by atoms with Crippen molar-refractivity contribution in [2.45, 2.75) is 18.7 Å². The predicted molar refractivity (Wildman–Crippen MR) is 110 cm³/mol. The molecule has 0 saturated carbocycles. The predicted octanol–water partition coefficient (Wildman–Crippen LogP) is 3.05. The number of hydrogen-bond donors (Lipinski definition) is 2. The summed E-state index contributed by atoms with van der Waals surface area (Å²) in [4.78, 5) is 30.6. The van der Waals surface area contributed by atoms with Crippen LogP contribution in [0.2, 0.25) is 0 Å². The zero-order valence-corrected chi connectivity index (χ0v) is 16.8. The lowest BCUT2D eigenvalue weighted by Crippen LogP contribution is -2.16. The van der Waals surface area contributed by atoms with Crippen LogP contribution in [-0.2, 0) is 10.0 Å². The first-order valence-corrected chi connectivity index (χ1v) is 10.1. The summed E-state index contributed by atoms with van der Waals surface area (Å²) in [5.41, 5.74) is 1.50. The van der Waals surface area contributed by atoms with Crippen LogP contribution in [0.3, 0.4) is 0 Å². The van der Waals surface area contributed by atoms with Gasteiger partial charge in [0.2, 0.25) is 5.95 Å². The van der Waals surface area contributed by atoms with Gasteiger partial charge in [-0.15, -0.1) is 0 Å². The van der Waals surface area contributed by atoms with Crippen LogP contribution in [0.4, 0.5) is 17.3 Å². The summed E-state index contributed by atoms with van der Waals surface area (Å²) in [6.07, 6.45) is 1.44. The van der Waals surface area contributed by atoms with Crippen LogP contribution in [0.1, 0.15) is 21.6 Å². The van der Waals surface area contributed by atoms with E-state index in [4.69, 9.17) is 0 Å². The Morgan fingerprint density at radius 1 is 1.07 bits per heavy atom. The zero-order chi connectivity index (χ0) is 21.9. The lowest BCUT2D eigenvalue weighted by atomic mass is 10.1. The smallest absolute Gasteiger partial charge is 0.272 e. The standard InChI is InChI=1S/C19H17N5O5S/c1-12-11-14(3-8-17(12)24(26)27)18(25)22-15-4-6-16(7-5-15)30(28,29)23-19-20-10-9-13(2)21-19/h3-11H,1-2H3,(H,22,25)(H,20,21,23). The highest BCUT2D eigenvalue weighted by Gasteiger charge is 2.17. The number of nitro groups is 1. The number of amides is 1. The highest BCUT2D eigenvalue weighted by atomic mass is 32.2. The van der Waals surface area contributed by atoms with E-state index < -0.39 is 20.9 Å². The van der Waals surface area contributed by atoms with Crippen molar-refractivity contribution in [1.82, 2.24) is 9.97 Å². The van der Waals surface area contributed by atoms with Gasteiger partial charge in [-0.1, -0.05) is 0 Å². The molecule has 2 aromatic carbocycles. The molecule has 10 nitrogen and oxygen atoms in total. The summed E-state index contributed by atoms with van der Waals surface area (Å²) in [7, 11) is -3.90. The summed E-state index contributed by atoms with van der Waals surface area (Å²) >= 11 is 0. The Labute approximate surface area is 172 Å². The van der Waals surface area contributed by atoms with Gasteiger partial charge < -0.3 is 5.32 Å². The average Bonchev–Trinajstić information content (AvgIpc) is 2.67. The Hall–Kier alpha value is -3.86. The van der Waals surface area contributed by atoms with E-state index in [9.17, 15) is 23.3 Å². The maximum Gasteiger partial charge on any atom is 0.272 e. The number of carbonyl (C=O) groups excluding carboxylic acids is 1. The van der Waals surface area contributed by atoms with E-state index in [0.29, 0.717) is 16.9 Å². The molecule has 11 heteroatoms. The molecule has 1 aromatic heterocycles. The number of anilines is 2. The number of aromatic nitrogens is 2. The third-order valence-corrected chi connectivity index (χ3v) is 5.44. The van der Waals surface area contributed by atoms with Gasteiger partial charge in [0.05, 0.1) is 9.82 Å². The van der Waals surface area contributed by atoms with Gasteiger partial charge in [0, 0.05) is 34.8 Å². The van der Waals surface area contributed by atoms with E-state index in [1.54, 1.807) is 19.9 Å². The second-order valence-corrected chi connectivity index (χ2v) is 8.05. The normalized spacial score (nSPS) is 11.0. The molecule has 0 bridgehead atoms. The maximum absolute atomic E-state index is 12.5. The van der Waals surface area contributed by atoms with E-state index in [2.05, 4.69) is 20.0 Å². The number of carbonyl (C=O) groups is 1. The number of nitrogens with one attached hydrogen (secondary N) is 2. The van der Waals surface area contributed by atoms with Gasteiger partial charge in [0.15, 0.2) is 0 Å². The van der Waals surface area contributed by atoms with E-state index in [1.165, 1.54) is 48.7 Å². The number of nitro benzene ring substituents is 1. The molecule has 0 spiro atoms. The fourth-order valence-electron chi connectivity index (χ4n) is 2.60. The summed E-state index contributed by atoms with van der Waals surface area (Å²) in [6.45, 7) is 3.25. The molecule has 0 aliphatic carbocycles. The Morgan fingerprint density at radius 2 is 1.77 bits per heavy atom. The third kappa shape index (κ3) is 4.75. The molecule has 30 heavy (non-hydrogen) atoms. The molecular weight excluding hydrogens is 410 g/mol. The fraction of sp³-hybridized carbons (Fsp3) is 0.105. The maximum atomic E-state index is 12.5. The van der Waals surface area contributed by atoms with Crippen LogP contribution in [-0.4, -0.2) is 29.2 Å². The molecule has 0 fully saturated rings. The molecule has 2 N–H and O–H groups in total. The Kier molecular flexibility index (Phi) is 5.74. The summed E-state index contributed by atoms with van der Waals surface area (Å²) < 4.78 is 27.2. The number of nitrogens with zero attached hydrogens (tertiary/aromatic N) is 3. The van der Waals surface area contributed by atoms with E-state index >= 15 is 0 Å². The van der Waals surface area contributed by atoms with Crippen LogP contribution in [0.25, 0.3) is 0 Å². The third-order valence-electron chi connectivity index (χ3n) is 4.10. The van der Waals surface area contributed by atoms with E-state index in [-0.39, 0.29) is 22.1 Å². The highest BCUT2D eigenvalue weighted by molar-refractivity contribution is 7.92. The van der Waals surface area contributed by atoms with Crippen molar-refractivity contribution < 1.29 is 18.1 Å². The molecule has 3 aromatic rings. The highest BCUT2D eigenvalue weighted by Crippen LogP contribution is 2.21. The molecule has 1 heterocycles. The minimum Gasteiger partial charge on any atom is -0.322 e. The fourth-order valence-corrected chi connectivity index (χ4v) is 3.55. The van der Waals surface area contributed by atoms with Gasteiger partial charge in [0.1, 0.15) is 0 Å². The second kappa shape index (κ2) is 8.25. The quantitative estimate of drug-likeness (QED) is 0.454. The van der Waals surface area contributed by atoms with Crippen molar-refractivity contribution in [1.29, 1.82) is 0 Å². The first kappa shape index (κ1) is 20.9. The van der Waals surface area contributed by atoms with E-state index in [1.807, 2.05) is 0 Å². The molecule has 0 aliphatic heterocycles. The van der Waals surface area contributed by atoms with Crippen molar-refractivity contribution in [3.8, 4) is 0 Å². The molecule has 154 valence electrons. The van der Waals surface area contributed by atoms with Crippen LogP contribution in [0.15, 0.2) is 59.6 Å². The summed E-state index contributed by atoms with van der Waals surface area (Å²) in [5, 5.41) is 13.5. The summed E-state index contributed by atoms with van der Waals surface area (Å²) in [5.74, 6) is -0.518. The van der Waals surface area contributed by atoms with Gasteiger partial charge in [-0.3, -0.25) is 14.9 Å². The van der Waals surface area contributed by atoms with Crippen molar-refractivity contribution >= 4 is 33.3 Å². The molecular formula is C19H17N5O5S. The lowest BCUT2D eigenvalue weighted by molar-refractivity contribution is -0.385. The van der Waals surface area contributed by atoms with Crippen LogP contribution in [0, 0.1) is 24.0 Å². The minimum absolute atomic E-state index is 0.0308. The Bertz CT molecular complexity index is 1230. The molecule has 0 radical (unpaired) electrons. The minimum atomic E-state index is -3.90. The topological polar surface area (TPSA) is 144 Å². The van der Waals surface area contributed by atoms with Crippen molar-refractivity contribution in [3.63, 3.8) is 0 Å². The number of hydrogen-bond acceptors (Lipinski definition) is 7. The monoisotopic (exact) mass is 427 g/mol. The Morgan fingerprint density at radius 3 is 2.37 bits per heavy atom. The molecule has 0 saturated heterocycles. The van der Waals surface area contributed by atoms with Crippen molar-refractivity contribution in [2.24, 2.45) is 0 Å². The molecule has 3 rings (SSSR count). The number of sulfonamides is 1. The average molecular weight is 427 g/mol.